The van der Waals surface area contributed by atoms with Gasteiger partial charge in [-0.25, -0.2) is 12.8 Å². The first-order valence-corrected chi connectivity index (χ1v) is 10.9. The number of hydrogen-bond acceptors (Lipinski definition) is 2. The Morgan fingerprint density at radius 2 is 1.62 bits per heavy atom. The molecule has 0 radical (unpaired) electrons. The minimum Gasteiger partial charge on any atom is -0.247 e. The first kappa shape index (κ1) is 16.3. The van der Waals surface area contributed by atoms with Gasteiger partial charge in [-0.2, -0.15) is 0 Å². The zero-order chi connectivity index (χ0) is 16.9. The average molecular weight is 348 g/mol. The molecule has 4 heteroatoms. The molecule has 0 saturated heterocycles. The smallest absolute Gasteiger partial charge is 0.175 e. The zero-order valence-corrected chi connectivity index (χ0v) is 15.0. The van der Waals surface area contributed by atoms with Crippen LogP contribution in [0.2, 0.25) is 0 Å². The van der Waals surface area contributed by atoms with Crippen molar-refractivity contribution in [3.8, 4) is 0 Å². The molecule has 3 aliphatic rings. The second-order valence-electron chi connectivity index (χ2n) is 8.10. The van der Waals surface area contributed by atoms with Crippen molar-refractivity contribution in [2.24, 2.45) is 11.3 Å². The molecule has 1 aromatic rings. The summed E-state index contributed by atoms with van der Waals surface area (Å²) in [6.07, 6.45) is 8.87. The monoisotopic (exact) mass is 348 g/mol. The fourth-order valence-electron chi connectivity index (χ4n) is 4.57. The molecule has 2 saturated carbocycles. The molecule has 0 atom stereocenters. The van der Waals surface area contributed by atoms with E-state index in [-0.39, 0.29) is 0 Å². The van der Waals surface area contributed by atoms with E-state index in [4.69, 9.17) is 0 Å². The van der Waals surface area contributed by atoms with Gasteiger partial charge in [-0.3, -0.25) is 0 Å². The highest BCUT2D eigenvalue weighted by Crippen LogP contribution is 2.63. The summed E-state index contributed by atoms with van der Waals surface area (Å²) in [6.45, 7) is 0. The summed E-state index contributed by atoms with van der Waals surface area (Å²) in [5, 5.41) is 0. The van der Waals surface area contributed by atoms with Gasteiger partial charge in [-0.05, 0) is 86.0 Å². The Hall–Kier alpha value is -1.16. The molecule has 0 aliphatic heterocycles. The standard InChI is InChI=1S/C20H25FO2S/c1-24(22,23)17-8-4-15(5-9-17)19-13-20(10-11-20)12-18(19)14-2-6-16(21)7-3-14/h4-5,8-9,14,16H,2-3,6-7,10-13H2,1H3. The van der Waals surface area contributed by atoms with Gasteiger partial charge < -0.3 is 0 Å². The van der Waals surface area contributed by atoms with E-state index in [0.29, 0.717) is 29.1 Å². The van der Waals surface area contributed by atoms with Crippen molar-refractivity contribution in [1.29, 1.82) is 0 Å². The molecule has 130 valence electrons. The van der Waals surface area contributed by atoms with E-state index < -0.39 is 16.0 Å². The van der Waals surface area contributed by atoms with Crippen molar-refractivity contribution in [2.45, 2.75) is 62.4 Å². The van der Waals surface area contributed by atoms with Crippen molar-refractivity contribution in [1.82, 2.24) is 0 Å². The molecular weight excluding hydrogens is 323 g/mol. The molecule has 1 spiro atoms. The summed E-state index contributed by atoms with van der Waals surface area (Å²) in [7, 11) is -3.15. The normalized spacial score (nSPS) is 29.2. The second kappa shape index (κ2) is 5.69. The van der Waals surface area contributed by atoms with Gasteiger partial charge in [0.15, 0.2) is 9.84 Å². The Bertz CT molecular complexity index is 764. The minimum absolute atomic E-state index is 0.380. The summed E-state index contributed by atoms with van der Waals surface area (Å²) in [4.78, 5) is 0.380. The van der Waals surface area contributed by atoms with Crippen LogP contribution in [0.5, 0.6) is 0 Å². The van der Waals surface area contributed by atoms with Crippen LogP contribution in [-0.4, -0.2) is 20.8 Å². The van der Waals surface area contributed by atoms with E-state index in [0.717, 1.165) is 19.3 Å². The summed E-state index contributed by atoms with van der Waals surface area (Å²) in [6, 6.07) is 7.39. The number of halogens is 1. The third-order valence-corrected chi connectivity index (χ3v) is 7.37. The molecule has 0 N–H and O–H groups in total. The third-order valence-electron chi connectivity index (χ3n) is 6.24. The Balaban J connectivity index is 1.66. The molecular formula is C20H25FO2S. The van der Waals surface area contributed by atoms with Gasteiger partial charge in [0, 0.05) is 6.26 Å². The lowest BCUT2D eigenvalue weighted by molar-refractivity contribution is 0.220. The van der Waals surface area contributed by atoms with Crippen LogP contribution in [0.25, 0.3) is 5.57 Å². The van der Waals surface area contributed by atoms with Gasteiger partial charge in [0.1, 0.15) is 6.17 Å². The fourth-order valence-corrected chi connectivity index (χ4v) is 5.21. The van der Waals surface area contributed by atoms with Crippen molar-refractivity contribution >= 4 is 15.4 Å². The Kier molecular flexibility index (Phi) is 3.87. The Morgan fingerprint density at radius 1 is 1.00 bits per heavy atom. The van der Waals surface area contributed by atoms with E-state index in [1.54, 1.807) is 17.7 Å². The molecule has 0 heterocycles. The lowest BCUT2D eigenvalue weighted by Gasteiger charge is -2.27. The zero-order valence-electron chi connectivity index (χ0n) is 14.2. The van der Waals surface area contributed by atoms with Crippen LogP contribution < -0.4 is 0 Å². The predicted molar refractivity (Wildman–Crippen MR) is 94.2 cm³/mol. The summed E-state index contributed by atoms with van der Waals surface area (Å²) >= 11 is 0. The highest BCUT2D eigenvalue weighted by molar-refractivity contribution is 7.90. The van der Waals surface area contributed by atoms with Gasteiger partial charge in [-0.15, -0.1) is 0 Å². The molecule has 0 unspecified atom stereocenters. The number of sulfone groups is 1. The molecule has 3 aliphatic carbocycles. The van der Waals surface area contributed by atoms with Gasteiger partial charge in [-0.1, -0.05) is 17.7 Å². The van der Waals surface area contributed by atoms with Crippen LogP contribution in [0.1, 0.15) is 56.9 Å². The Labute approximate surface area is 144 Å². The van der Waals surface area contributed by atoms with E-state index in [1.165, 1.54) is 36.7 Å². The van der Waals surface area contributed by atoms with E-state index >= 15 is 0 Å². The third kappa shape index (κ3) is 3.05. The average Bonchev–Trinajstić information content (AvgIpc) is 3.19. The Morgan fingerprint density at radius 3 is 2.17 bits per heavy atom. The number of benzene rings is 1. The lowest BCUT2D eigenvalue weighted by Crippen LogP contribution is -2.17. The van der Waals surface area contributed by atoms with E-state index in [9.17, 15) is 12.8 Å². The minimum atomic E-state index is -3.15. The van der Waals surface area contributed by atoms with Crippen molar-refractivity contribution < 1.29 is 12.8 Å². The molecule has 2 nitrogen and oxygen atoms in total. The number of hydrogen-bond donors (Lipinski definition) is 0. The van der Waals surface area contributed by atoms with E-state index in [1.807, 2.05) is 12.1 Å². The van der Waals surface area contributed by atoms with Crippen LogP contribution in [0.3, 0.4) is 0 Å². The lowest BCUT2D eigenvalue weighted by atomic mass is 9.80. The highest BCUT2D eigenvalue weighted by atomic mass is 32.2. The number of rotatable bonds is 3. The molecule has 1 aromatic carbocycles. The van der Waals surface area contributed by atoms with Crippen LogP contribution in [0.15, 0.2) is 34.7 Å². The summed E-state index contributed by atoms with van der Waals surface area (Å²) < 4.78 is 36.9. The van der Waals surface area contributed by atoms with Crippen LogP contribution in [0.4, 0.5) is 4.39 Å². The number of allylic oxidation sites excluding steroid dienone is 2. The van der Waals surface area contributed by atoms with Gasteiger partial charge in [0.2, 0.25) is 0 Å². The van der Waals surface area contributed by atoms with Gasteiger partial charge in [0.05, 0.1) is 4.90 Å². The molecule has 24 heavy (non-hydrogen) atoms. The fraction of sp³-hybridized carbons (Fsp3) is 0.600. The van der Waals surface area contributed by atoms with Crippen molar-refractivity contribution in [3.63, 3.8) is 0 Å². The van der Waals surface area contributed by atoms with Gasteiger partial charge in [0.25, 0.3) is 0 Å². The molecule has 4 rings (SSSR count). The van der Waals surface area contributed by atoms with Crippen molar-refractivity contribution in [3.05, 3.63) is 35.4 Å². The van der Waals surface area contributed by atoms with E-state index in [2.05, 4.69) is 0 Å². The topological polar surface area (TPSA) is 34.1 Å². The predicted octanol–water partition coefficient (Wildman–Crippen LogP) is 4.95. The summed E-state index contributed by atoms with van der Waals surface area (Å²) in [5.41, 5.74) is 4.62. The van der Waals surface area contributed by atoms with Crippen LogP contribution >= 0.6 is 0 Å². The molecule has 0 amide bonds. The maximum Gasteiger partial charge on any atom is 0.175 e. The first-order valence-electron chi connectivity index (χ1n) is 9.03. The first-order chi connectivity index (χ1) is 11.4. The second-order valence-corrected chi connectivity index (χ2v) is 10.1. The van der Waals surface area contributed by atoms with Crippen LogP contribution in [0, 0.1) is 11.3 Å². The number of alkyl halides is 1. The highest BCUT2D eigenvalue weighted by Gasteiger charge is 2.49. The molecule has 0 aromatic heterocycles. The maximum atomic E-state index is 13.5. The van der Waals surface area contributed by atoms with Crippen LogP contribution in [-0.2, 0) is 9.84 Å². The quantitative estimate of drug-likeness (QED) is 0.775. The molecule has 2 fully saturated rings. The maximum absolute atomic E-state index is 13.5. The SMILES string of the molecule is CS(=O)(=O)c1ccc(C2=C(C3CCC(F)CC3)CC3(CC3)C2)cc1. The van der Waals surface area contributed by atoms with Gasteiger partial charge >= 0.3 is 0 Å². The molecule has 0 bridgehead atoms. The summed E-state index contributed by atoms with van der Waals surface area (Å²) in [5.74, 6) is 0.529. The largest absolute Gasteiger partial charge is 0.247 e. The van der Waals surface area contributed by atoms with Crippen molar-refractivity contribution in [2.75, 3.05) is 6.26 Å².